The number of benzene rings is 1. The number of carbonyl (C=O) groups excluding carboxylic acids is 1. The highest BCUT2D eigenvalue weighted by Crippen LogP contribution is 2.23. The first kappa shape index (κ1) is 19.1. The molecule has 1 fully saturated rings. The lowest BCUT2D eigenvalue weighted by Gasteiger charge is -2.23. The zero-order valence-corrected chi connectivity index (χ0v) is 15.6. The molecular formula is C21H20FN3O4. The van der Waals surface area contributed by atoms with Crippen molar-refractivity contribution in [1.29, 1.82) is 0 Å². The van der Waals surface area contributed by atoms with Crippen molar-refractivity contribution in [3.63, 3.8) is 0 Å². The number of rotatable bonds is 6. The minimum absolute atomic E-state index is 0.130. The summed E-state index contributed by atoms with van der Waals surface area (Å²) in [6.07, 6.45) is 4.60. The quantitative estimate of drug-likeness (QED) is 0.686. The number of nitrogens with zero attached hydrogens (tertiary/aromatic N) is 2. The SMILES string of the molecule is O=C(NC1CCOCC1)c1ccc(OCc2conc2-c2ccc(F)cc2)nc1. The number of halogens is 1. The molecule has 0 atom stereocenters. The fourth-order valence-electron chi connectivity index (χ4n) is 3.07. The topological polar surface area (TPSA) is 86.5 Å². The summed E-state index contributed by atoms with van der Waals surface area (Å²) in [4.78, 5) is 16.5. The molecule has 1 amide bonds. The fourth-order valence-corrected chi connectivity index (χ4v) is 3.07. The Hall–Kier alpha value is -3.26. The molecule has 1 N–H and O–H groups in total. The Morgan fingerprint density at radius 1 is 1.17 bits per heavy atom. The van der Waals surface area contributed by atoms with E-state index in [1.165, 1.54) is 24.6 Å². The molecule has 1 saturated heterocycles. The average molecular weight is 397 g/mol. The fraction of sp³-hybridized carbons (Fsp3) is 0.286. The van der Waals surface area contributed by atoms with Gasteiger partial charge in [0, 0.05) is 37.1 Å². The van der Waals surface area contributed by atoms with Gasteiger partial charge in [0.05, 0.1) is 11.1 Å². The summed E-state index contributed by atoms with van der Waals surface area (Å²) >= 11 is 0. The van der Waals surface area contributed by atoms with Gasteiger partial charge in [-0.25, -0.2) is 9.37 Å². The van der Waals surface area contributed by atoms with Gasteiger partial charge in [-0.05, 0) is 43.2 Å². The minimum Gasteiger partial charge on any atom is -0.473 e. The molecule has 1 aliphatic rings. The maximum absolute atomic E-state index is 13.1. The monoisotopic (exact) mass is 397 g/mol. The molecule has 0 aliphatic carbocycles. The molecule has 0 saturated carbocycles. The molecule has 1 aliphatic heterocycles. The molecule has 0 bridgehead atoms. The highest BCUT2D eigenvalue weighted by atomic mass is 19.1. The van der Waals surface area contributed by atoms with Crippen LogP contribution in [0.5, 0.6) is 5.88 Å². The van der Waals surface area contributed by atoms with E-state index >= 15 is 0 Å². The van der Waals surface area contributed by atoms with E-state index in [0.717, 1.165) is 18.4 Å². The Morgan fingerprint density at radius 2 is 1.97 bits per heavy atom. The molecule has 0 radical (unpaired) electrons. The van der Waals surface area contributed by atoms with E-state index in [4.69, 9.17) is 14.0 Å². The maximum atomic E-state index is 13.1. The van der Waals surface area contributed by atoms with Crippen molar-refractivity contribution >= 4 is 5.91 Å². The van der Waals surface area contributed by atoms with E-state index in [-0.39, 0.29) is 24.4 Å². The lowest BCUT2D eigenvalue weighted by molar-refractivity contribution is 0.0696. The van der Waals surface area contributed by atoms with Crippen LogP contribution >= 0.6 is 0 Å². The van der Waals surface area contributed by atoms with E-state index in [1.807, 2.05) is 0 Å². The van der Waals surface area contributed by atoms with Gasteiger partial charge in [-0.1, -0.05) is 5.16 Å². The highest BCUT2D eigenvalue weighted by Gasteiger charge is 2.17. The van der Waals surface area contributed by atoms with E-state index in [9.17, 15) is 9.18 Å². The van der Waals surface area contributed by atoms with Crippen LogP contribution in [0.25, 0.3) is 11.3 Å². The number of carbonyl (C=O) groups is 1. The van der Waals surface area contributed by atoms with Crippen LogP contribution in [0, 0.1) is 5.82 Å². The second-order valence-electron chi connectivity index (χ2n) is 6.73. The molecule has 3 heterocycles. The number of hydrogen-bond donors (Lipinski definition) is 1. The molecule has 1 aromatic carbocycles. The second kappa shape index (κ2) is 8.83. The molecule has 3 aromatic rings. The maximum Gasteiger partial charge on any atom is 0.253 e. The van der Waals surface area contributed by atoms with Gasteiger partial charge in [0.1, 0.15) is 24.4 Å². The normalized spacial score (nSPS) is 14.5. The van der Waals surface area contributed by atoms with Crippen LogP contribution in [0.15, 0.2) is 53.4 Å². The molecule has 7 nitrogen and oxygen atoms in total. The van der Waals surface area contributed by atoms with Gasteiger partial charge < -0.3 is 19.3 Å². The summed E-state index contributed by atoms with van der Waals surface area (Å²) in [5.41, 5.74) is 2.49. The van der Waals surface area contributed by atoms with Crippen LogP contribution < -0.4 is 10.1 Å². The Morgan fingerprint density at radius 3 is 2.69 bits per heavy atom. The molecule has 4 rings (SSSR count). The number of ether oxygens (including phenoxy) is 2. The average Bonchev–Trinajstić information content (AvgIpc) is 3.22. The van der Waals surface area contributed by atoms with Gasteiger partial charge in [-0.15, -0.1) is 0 Å². The summed E-state index contributed by atoms with van der Waals surface area (Å²) in [6.45, 7) is 1.51. The Balaban J connectivity index is 1.36. The van der Waals surface area contributed by atoms with Crippen LogP contribution in [0.3, 0.4) is 0 Å². The van der Waals surface area contributed by atoms with Gasteiger partial charge in [0.25, 0.3) is 5.91 Å². The number of pyridine rings is 1. The predicted octanol–water partition coefficient (Wildman–Crippen LogP) is 3.36. The van der Waals surface area contributed by atoms with E-state index < -0.39 is 0 Å². The molecular weight excluding hydrogens is 377 g/mol. The molecule has 150 valence electrons. The summed E-state index contributed by atoms with van der Waals surface area (Å²) in [6, 6.07) is 9.42. The first-order chi connectivity index (χ1) is 14.2. The first-order valence-corrected chi connectivity index (χ1v) is 9.36. The summed E-state index contributed by atoms with van der Waals surface area (Å²) in [5.74, 6) is -0.104. The summed E-state index contributed by atoms with van der Waals surface area (Å²) in [5, 5.41) is 6.95. The Bertz CT molecular complexity index is 951. The minimum atomic E-state index is -0.319. The Kier molecular flexibility index (Phi) is 5.81. The zero-order valence-electron chi connectivity index (χ0n) is 15.6. The summed E-state index contributed by atoms with van der Waals surface area (Å²) < 4.78 is 29.1. The molecule has 29 heavy (non-hydrogen) atoms. The molecule has 0 unspecified atom stereocenters. The van der Waals surface area contributed by atoms with Crippen molar-refractivity contribution in [2.24, 2.45) is 0 Å². The predicted molar refractivity (Wildman–Crippen MR) is 102 cm³/mol. The number of aromatic nitrogens is 2. The third kappa shape index (κ3) is 4.78. The summed E-state index contributed by atoms with van der Waals surface area (Å²) in [7, 11) is 0. The van der Waals surface area contributed by atoms with Gasteiger partial charge in [0.15, 0.2) is 0 Å². The smallest absolute Gasteiger partial charge is 0.253 e. The van der Waals surface area contributed by atoms with Crippen molar-refractivity contribution in [2.45, 2.75) is 25.5 Å². The molecule has 2 aromatic heterocycles. The van der Waals surface area contributed by atoms with Crippen molar-refractivity contribution < 1.29 is 23.2 Å². The number of nitrogens with one attached hydrogen (secondary N) is 1. The van der Waals surface area contributed by atoms with Crippen LogP contribution in [0.1, 0.15) is 28.8 Å². The van der Waals surface area contributed by atoms with Gasteiger partial charge in [0.2, 0.25) is 5.88 Å². The van der Waals surface area contributed by atoms with Crippen LogP contribution in [0.2, 0.25) is 0 Å². The molecule has 8 heteroatoms. The number of amides is 1. The van der Waals surface area contributed by atoms with Crippen molar-refractivity contribution in [3.8, 4) is 17.1 Å². The standard InChI is InChI=1S/C21H20FN3O4/c22-17-4-1-14(2-5-17)20-16(13-29-25-20)12-28-19-6-3-15(11-23-19)21(26)24-18-7-9-27-10-8-18/h1-6,11,13,18H,7-10,12H2,(H,24,26). The van der Waals surface area contributed by atoms with E-state index in [2.05, 4.69) is 15.5 Å². The van der Waals surface area contributed by atoms with E-state index in [1.54, 1.807) is 24.3 Å². The van der Waals surface area contributed by atoms with E-state index in [0.29, 0.717) is 35.9 Å². The van der Waals surface area contributed by atoms with Crippen LogP contribution in [0.4, 0.5) is 4.39 Å². The van der Waals surface area contributed by atoms with Crippen molar-refractivity contribution in [3.05, 3.63) is 65.8 Å². The highest BCUT2D eigenvalue weighted by molar-refractivity contribution is 5.94. The van der Waals surface area contributed by atoms with Gasteiger partial charge in [-0.3, -0.25) is 4.79 Å². The lowest BCUT2D eigenvalue weighted by atomic mass is 10.1. The zero-order chi connectivity index (χ0) is 20.1. The van der Waals surface area contributed by atoms with Gasteiger partial charge >= 0.3 is 0 Å². The van der Waals surface area contributed by atoms with Crippen molar-refractivity contribution in [2.75, 3.05) is 13.2 Å². The second-order valence-corrected chi connectivity index (χ2v) is 6.73. The number of hydrogen-bond acceptors (Lipinski definition) is 6. The van der Waals surface area contributed by atoms with Gasteiger partial charge in [-0.2, -0.15) is 0 Å². The Labute approximate surface area is 166 Å². The third-order valence-corrected chi connectivity index (χ3v) is 4.69. The van der Waals surface area contributed by atoms with Crippen LogP contribution in [-0.2, 0) is 11.3 Å². The third-order valence-electron chi connectivity index (χ3n) is 4.69. The lowest BCUT2D eigenvalue weighted by Crippen LogP contribution is -2.38. The van der Waals surface area contributed by atoms with Crippen LogP contribution in [-0.4, -0.2) is 35.3 Å². The first-order valence-electron chi connectivity index (χ1n) is 9.36. The van der Waals surface area contributed by atoms with Crippen molar-refractivity contribution in [1.82, 2.24) is 15.5 Å². The molecule has 0 spiro atoms. The largest absolute Gasteiger partial charge is 0.473 e.